The van der Waals surface area contributed by atoms with Crippen LogP contribution in [0.1, 0.15) is 34.8 Å². The number of carbonyl (C=O) groups is 2. The molecule has 0 spiro atoms. The summed E-state index contributed by atoms with van der Waals surface area (Å²) in [6, 6.07) is 9.37. The molecule has 0 aliphatic heterocycles. The molecule has 36 heavy (non-hydrogen) atoms. The van der Waals surface area contributed by atoms with E-state index in [9.17, 15) is 28.5 Å². The molecular weight excluding hydrogens is 562 g/mol. The Morgan fingerprint density at radius 3 is 2.33 bits per heavy atom. The van der Waals surface area contributed by atoms with E-state index < -0.39 is 28.6 Å². The number of alkyl halides is 1. The summed E-state index contributed by atoms with van der Waals surface area (Å²) in [6.07, 6.45) is -0.634. The summed E-state index contributed by atoms with van der Waals surface area (Å²) in [5, 5.41) is 13.9. The Morgan fingerprint density at radius 2 is 1.75 bits per heavy atom. The van der Waals surface area contributed by atoms with Crippen molar-refractivity contribution < 1.29 is 32.8 Å². The minimum Gasteiger partial charge on any atom is -0.462 e. The Morgan fingerprint density at radius 1 is 1.08 bits per heavy atom. The van der Waals surface area contributed by atoms with Gasteiger partial charge in [-0.25, -0.2) is 18.4 Å². The van der Waals surface area contributed by atoms with E-state index in [0.717, 1.165) is 23.5 Å². The maximum absolute atomic E-state index is 13.7. The van der Waals surface area contributed by atoms with E-state index in [1.165, 1.54) is 18.2 Å². The fourth-order valence-corrected chi connectivity index (χ4v) is 5.33. The molecule has 3 aromatic rings. The SMILES string of the molecule is CCOC(=O)c1c(NC(=O)OCCCc2c(F)cccc2F)sc(-c2ccc([N+](=O)[O-])cc2)c1CBr. The zero-order valence-electron chi connectivity index (χ0n) is 19.0. The van der Waals surface area contributed by atoms with E-state index in [1.54, 1.807) is 19.1 Å². The molecule has 3 rings (SSSR count). The summed E-state index contributed by atoms with van der Waals surface area (Å²) in [7, 11) is 0. The number of hydrogen-bond donors (Lipinski definition) is 1. The van der Waals surface area contributed by atoms with Gasteiger partial charge in [0.25, 0.3) is 5.69 Å². The van der Waals surface area contributed by atoms with Gasteiger partial charge in [0.2, 0.25) is 0 Å². The number of anilines is 1. The molecule has 0 radical (unpaired) electrons. The van der Waals surface area contributed by atoms with Crippen molar-refractivity contribution in [1.82, 2.24) is 0 Å². The summed E-state index contributed by atoms with van der Waals surface area (Å²) >= 11 is 4.45. The van der Waals surface area contributed by atoms with Crippen LogP contribution in [-0.4, -0.2) is 30.2 Å². The first kappa shape index (κ1) is 27.2. The third kappa shape index (κ3) is 6.43. The predicted octanol–water partition coefficient (Wildman–Crippen LogP) is 6.85. The number of rotatable bonds is 10. The highest BCUT2D eigenvalue weighted by Crippen LogP contribution is 2.42. The Bertz CT molecular complexity index is 1250. The molecule has 0 aliphatic rings. The van der Waals surface area contributed by atoms with E-state index in [1.807, 2.05) is 0 Å². The number of ether oxygens (including phenoxy) is 2. The van der Waals surface area contributed by atoms with Gasteiger partial charge >= 0.3 is 12.1 Å². The van der Waals surface area contributed by atoms with Crippen LogP contribution in [-0.2, 0) is 21.2 Å². The summed E-state index contributed by atoms with van der Waals surface area (Å²) in [6.45, 7) is 1.65. The molecule has 1 heterocycles. The van der Waals surface area contributed by atoms with Crippen LogP contribution in [0, 0.1) is 21.7 Å². The Balaban J connectivity index is 1.77. The number of non-ortho nitro benzene ring substituents is 1. The molecule has 0 saturated carbocycles. The van der Waals surface area contributed by atoms with Crippen LogP contribution in [0.5, 0.6) is 0 Å². The van der Waals surface area contributed by atoms with Gasteiger partial charge in [0.05, 0.1) is 23.7 Å². The van der Waals surface area contributed by atoms with E-state index in [4.69, 9.17) is 9.47 Å². The van der Waals surface area contributed by atoms with E-state index >= 15 is 0 Å². The maximum atomic E-state index is 13.7. The molecular formula is C24H21BrF2N2O6S. The lowest BCUT2D eigenvalue weighted by molar-refractivity contribution is -0.384. The third-order valence-corrected chi connectivity index (χ3v) is 6.80. The molecule has 0 saturated heterocycles. The molecule has 8 nitrogen and oxygen atoms in total. The number of hydrogen-bond acceptors (Lipinski definition) is 7. The number of halogens is 3. The number of benzene rings is 2. The largest absolute Gasteiger partial charge is 0.462 e. The number of nitrogens with zero attached hydrogens (tertiary/aromatic N) is 1. The lowest BCUT2D eigenvalue weighted by Crippen LogP contribution is -2.17. The Hall–Kier alpha value is -3.38. The molecule has 190 valence electrons. The van der Waals surface area contributed by atoms with Gasteiger partial charge in [-0.3, -0.25) is 15.4 Å². The van der Waals surface area contributed by atoms with Crippen molar-refractivity contribution in [3.05, 3.63) is 80.9 Å². The first-order chi connectivity index (χ1) is 17.3. The highest BCUT2D eigenvalue weighted by Gasteiger charge is 2.26. The number of nitrogens with one attached hydrogen (secondary N) is 1. The smallest absolute Gasteiger partial charge is 0.412 e. The van der Waals surface area contributed by atoms with Crippen LogP contribution in [0.25, 0.3) is 10.4 Å². The first-order valence-corrected chi connectivity index (χ1v) is 12.7. The molecule has 0 aliphatic carbocycles. The van der Waals surface area contributed by atoms with Crippen molar-refractivity contribution in [3.63, 3.8) is 0 Å². The number of esters is 1. The van der Waals surface area contributed by atoms with Gasteiger partial charge in [0.15, 0.2) is 0 Å². The molecule has 1 amide bonds. The van der Waals surface area contributed by atoms with Crippen LogP contribution < -0.4 is 5.32 Å². The minimum absolute atomic E-state index is 0.0386. The van der Waals surface area contributed by atoms with Gasteiger partial charge in [-0.05, 0) is 55.2 Å². The molecule has 1 aromatic heterocycles. The summed E-state index contributed by atoms with van der Waals surface area (Å²) in [5.74, 6) is -1.99. The number of amides is 1. The molecule has 2 aromatic carbocycles. The topological polar surface area (TPSA) is 108 Å². The second kappa shape index (κ2) is 12.5. The van der Waals surface area contributed by atoms with Gasteiger partial charge in [-0.15, -0.1) is 11.3 Å². The fraction of sp³-hybridized carbons (Fsp3) is 0.250. The molecule has 0 atom stereocenters. The average Bonchev–Trinajstić information content (AvgIpc) is 3.21. The lowest BCUT2D eigenvalue weighted by atomic mass is 10.1. The van der Waals surface area contributed by atoms with Gasteiger partial charge in [0.1, 0.15) is 16.6 Å². The van der Waals surface area contributed by atoms with Crippen molar-refractivity contribution >= 4 is 50.0 Å². The van der Waals surface area contributed by atoms with Crippen LogP contribution in [0.3, 0.4) is 0 Å². The number of nitro groups is 1. The normalized spacial score (nSPS) is 10.7. The molecule has 0 bridgehead atoms. The second-order valence-corrected chi connectivity index (χ2v) is 8.92. The quantitative estimate of drug-likeness (QED) is 0.0920. The zero-order valence-corrected chi connectivity index (χ0v) is 21.4. The molecule has 1 N–H and O–H groups in total. The predicted molar refractivity (Wildman–Crippen MR) is 135 cm³/mol. The van der Waals surface area contributed by atoms with E-state index in [0.29, 0.717) is 16.0 Å². The van der Waals surface area contributed by atoms with Crippen LogP contribution in [0.4, 0.5) is 24.3 Å². The maximum Gasteiger partial charge on any atom is 0.412 e. The highest BCUT2D eigenvalue weighted by atomic mass is 79.9. The second-order valence-electron chi connectivity index (χ2n) is 7.34. The Kier molecular flexibility index (Phi) is 9.48. The Labute approximate surface area is 217 Å². The van der Waals surface area contributed by atoms with Crippen molar-refractivity contribution in [2.24, 2.45) is 0 Å². The fourth-order valence-electron chi connectivity index (χ4n) is 3.38. The minimum atomic E-state index is -0.854. The van der Waals surface area contributed by atoms with Crippen molar-refractivity contribution in [2.45, 2.75) is 25.1 Å². The number of nitro benzene ring substituents is 1. The van der Waals surface area contributed by atoms with Crippen molar-refractivity contribution in [1.29, 1.82) is 0 Å². The monoisotopic (exact) mass is 582 g/mol. The van der Waals surface area contributed by atoms with Gasteiger partial charge < -0.3 is 9.47 Å². The van der Waals surface area contributed by atoms with Crippen LogP contribution in [0.15, 0.2) is 42.5 Å². The average molecular weight is 583 g/mol. The van der Waals surface area contributed by atoms with E-state index in [-0.39, 0.29) is 53.2 Å². The summed E-state index contributed by atoms with van der Waals surface area (Å²) in [5.41, 5.74) is 1.12. The molecule has 12 heteroatoms. The van der Waals surface area contributed by atoms with Crippen molar-refractivity contribution in [3.8, 4) is 10.4 Å². The zero-order chi connectivity index (χ0) is 26.2. The van der Waals surface area contributed by atoms with Gasteiger partial charge in [-0.2, -0.15) is 0 Å². The number of carbonyl (C=O) groups excluding carboxylic acids is 2. The number of thiophene rings is 1. The van der Waals surface area contributed by atoms with E-state index in [2.05, 4.69) is 21.2 Å². The van der Waals surface area contributed by atoms with Crippen molar-refractivity contribution in [2.75, 3.05) is 18.5 Å². The highest BCUT2D eigenvalue weighted by molar-refractivity contribution is 9.08. The molecule has 0 fully saturated rings. The summed E-state index contributed by atoms with van der Waals surface area (Å²) < 4.78 is 37.8. The summed E-state index contributed by atoms with van der Waals surface area (Å²) in [4.78, 5) is 36.2. The lowest BCUT2D eigenvalue weighted by Gasteiger charge is -2.09. The van der Waals surface area contributed by atoms with Crippen LogP contribution >= 0.6 is 27.3 Å². The van der Waals surface area contributed by atoms with Gasteiger partial charge in [-0.1, -0.05) is 22.0 Å². The standard InChI is InChI=1S/C24H21BrF2N2O6S/c1-2-34-23(30)20-17(13-25)21(14-8-10-15(11-9-14)29(32)33)36-22(20)28-24(31)35-12-4-5-16-18(26)6-3-7-19(16)27/h3,6-11H,2,4-5,12-13H2,1H3,(H,28,31). The first-order valence-electron chi connectivity index (χ1n) is 10.8. The molecule has 0 unspecified atom stereocenters. The third-order valence-electron chi connectivity index (χ3n) is 5.04. The van der Waals surface area contributed by atoms with Crippen LogP contribution in [0.2, 0.25) is 0 Å². The van der Waals surface area contributed by atoms with Gasteiger partial charge in [0, 0.05) is 27.9 Å².